The van der Waals surface area contributed by atoms with Crippen molar-refractivity contribution in [1.29, 1.82) is 0 Å². The number of nitrogens with zero attached hydrogens (tertiary/aromatic N) is 1. The summed E-state index contributed by atoms with van der Waals surface area (Å²) < 4.78 is 18.0. The normalized spacial score (nSPS) is 12.5. The lowest BCUT2D eigenvalue weighted by molar-refractivity contribution is -0.132. The molecule has 0 unspecified atom stereocenters. The van der Waals surface area contributed by atoms with Crippen LogP contribution in [0, 0.1) is 0 Å². The molecular weight excluding hydrogens is 398 g/mol. The summed E-state index contributed by atoms with van der Waals surface area (Å²) in [7, 11) is 0. The SMILES string of the molecule is CCN(Cc1cccc2c1OCCO2)C(=O)CCOc1cccc(Br)c1. The minimum absolute atomic E-state index is 0.0526. The zero-order valence-corrected chi connectivity index (χ0v) is 16.3. The summed E-state index contributed by atoms with van der Waals surface area (Å²) in [6.07, 6.45) is 0.326. The summed E-state index contributed by atoms with van der Waals surface area (Å²) in [5.41, 5.74) is 0.963. The number of para-hydroxylation sites is 1. The van der Waals surface area contributed by atoms with Crippen LogP contribution in [0.15, 0.2) is 46.9 Å². The maximum Gasteiger partial charge on any atom is 0.226 e. The predicted octanol–water partition coefficient (Wildman–Crippen LogP) is 4.04. The lowest BCUT2D eigenvalue weighted by atomic mass is 10.1. The maximum absolute atomic E-state index is 12.6. The Kier molecular flexibility index (Phi) is 6.39. The average molecular weight is 420 g/mol. The Morgan fingerprint density at radius 2 is 2.00 bits per heavy atom. The van der Waals surface area contributed by atoms with Crippen LogP contribution < -0.4 is 14.2 Å². The molecule has 6 heteroatoms. The lowest BCUT2D eigenvalue weighted by Crippen LogP contribution is -2.31. The quantitative estimate of drug-likeness (QED) is 0.679. The molecule has 3 rings (SSSR count). The highest BCUT2D eigenvalue weighted by Crippen LogP contribution is 2.34. The highest BCUT2D eigenvalue weighted by Gasteiger charge is 2.19. The summed E-state index contributed by atoms with van der Waals surface area (Å²) in [6.45, 7) is 4.53. The van der Waals surface area contributed by atoms with Crippen LogP contribution in [0.3, 0.4) is 0 Å². The number of fused-ring (bicyclic) bond motifs is 1. The minimum Gasteiger partial charge on any atom is -0.493 e. The molecule has 0 radical (unpaired) electrons. The number of hydrogen-bond acceptors (Lipinski definition) is 4. The first-order valence-electron chi connectivity index (χ1n) is 8.71. The number of ether oxygens (including phenoxy) is 3. The molecular formula is C20H22BrNO4. The van der Waals surface area contributed by atoms with Crippen molar-refractivity contribution in [3.05, 3.63) is 52.5 Å². The van der Waals surface area contributed by atoms with Gasteiger partial charge < -0.3 is 19.1 Å². The Morgan fingerprint density at radius 3 is 2.81 bits per heavy atom. The van der Waals surface area contributed by atoms with E-state index in [1.807, 2.05) is 49.4 Å². The molecule has 2 aromatic rings. The number of carbonyl (C=O) groups excluding carboxylic acids is 1. The molecule has 26 heavy (non-hydrogen) atoms. The molecule has 1 aliphatic heterocycles. The molecule has 138 valence electrons. The van der Waals surface area contributed by atoms with E-state index >= 15 is 0 Å². The van der Waals surface area contributed by atoms with Crippen molar-refractivity contribution in [1.82, 2.24) is 4.90 Å². The molecule has 1 amide bonds. The van der Waals surface area contributed by atoms with Gasteiger partial charge in [0.05, 0.1) is 13.0 Å². The summed E-state index contributed by atoms with van der Waals surface area (Å²) in [5.74, 6) is 2.29. The van der Waals surface area contributed by atoms with Gasteiger partial charge in [-0.1, -0.05) is 34.1 Å². The third-order valence-corrected chi connectivity index (χ3v) is 4.62. The fourth-order valence-corrected chi connectivity index (χ4v) is 3.19. The Labute approximate surface area is 162 Å². The number of benzene rings is 2. The molecule has 0 aromatic heterocycles. The van der Waals surface area contributed by atoms with E-state index in [0.717, 1.165) is 27.3 Å². The molecule has 0 aliphatic carbocycles. The zero-order valence-electron chi connectivity index (χ0n) is 14.7. The van der Waals surface area contributed by atoms with E-state index in [1.165, 1.54) is 0 Å². The molecule has 0 saturated heterocycles. The molecule has 2 aromatic carbocycles. The van der Waals surface area contributed by atoms with Gasteiger partial charge in [-0.3, -0.25) is 4.79 Å². The molecule has 1 heterocycles. The smallest absolute Gasteiger partial charge is 0.226 e. The van der Waals surface area contributed by atoms with E-state index < -0.39 is 0 Å². The highest BCUT2D eigenvalue weighted by molar-refractivity contribution is 9.10. The van der Waals surface area contributed by atoms with Crippen LogP contribution >= 0.6 is 15.9 Å². The van der Waals surface area contributed by atoms with Crippen LogP contribution in [0.4, 0.5) is 0 Å². The minimum atomic E-state index is 0.0526. The number of hydrogen-bond donors (Lipinski definition) is 0. The van der Waals surface area contributed by atoms with Gasteiger partial charge in [-0.15, -0.1) is 0 Å². The number of carbonyl (C=O) groups is 1. The van der Waals surface area contributed by atoms with Crippen molar-refractivity contribution in [2.24, 2.45) is 0 Å². The van der Waals surface area contributed by atoms with Crippen molar-refractivity contribution >= 4 is 21.8 Å². The number of amides is 1. The van der Waals surface area contributed by atoms with Gasteiger partial charge in [0.25, 0.3) is 0 Å². The predicted molar refractivity (Wildman–Crippen MR) is 103 cm³/mol. The summed E-state index contributed by atoms with van der Waals surface area (Å²) in [4.78, 5) is 14.4. The molecule has 0 N–H and O–H groups in total. The fraction of sp³-hybridized carbons (Fsp3) is 0.350. The summed E-state index contributed by atoms with van der Waals surface area (Å²) in [6, 6.07) is 13.4. The van der Waals surface area contributed by atoms with Crippen molar-refractivity contribution in [2.75, 3.05) is 26.4 Å². The van der Waals surface area contributed by atoms with E-state index in [0.29, 0.717) is 39.3 Å². The van der Waals surface area contributed by atoms with E-state index in [9.17, 15) is 4.79 Å². The van der Waals surface area contributed by atoms with Crippen LogP contribution in [-0.2, 0) is 11.3 Å². The summed E-state index contributed by atoms with van der Waals surface area (Å²) >= 11 is 3.41. The first-order chi connectivity index (χ1) is 12.7. The van der Waals surface area contributed by atoms with Crippen LogP contribution in [0.25, 0.3) is 0 Å². The van der Waals surface area contributed by atoms with Crippen LogP contribution in [-0.4, -0.2) is 37.2 Å². The van der Waals surface area contributed by atoms with Gasteiger partial charge in [-0.05, 0) is 31.2 Å². The molecule has 0 bridgehead atoms. The Hall–Kier alpha value is -2.21. The average Bonchev–Trinajstić information content (AvgIpc) is 2.66. The van der Waals surface area contributed by atoms with Gasteiger partial charge in [0.15, 0.2) is 11.5 Å². The van der Waals surface area contributed by atoms with Crippen molar-refractivity contribution in [3.63, 3.8) is 0 Å². The van der Waals surface area contributed by atoms with E-state index in [1.54, 1.807) is 4.90 Å². The van der Waals surface area contributed by atoms with Crippen LogP contribution in [0.1, 0.15) is 18.9 Å². The molecule has 0 fully saturated rings. The van der Waals surface area contributed by atoms with Crippen LogP contribution in [0.2, 0.25) is 0 Å². The molecule has 0 saturated carbocycles. The number of rotatable bonds is 7. The monoisotopic (exact) mass is 419 g/mol. The first-order valence-corrected chi connectivity index (χ1v) is 9.50. The third kappa shape index (κ3) is 4.69. The number of halogens is 1. The van der Waals surface area contributed by atoms with Crippen molar-refractivity contribution in [2.45, 2.75) is 19.9 Å². The van der Waals surface area contributed by atoms with Crippen LogP contribution in [0.5, 0.6) is 17.2 Å². The fourth-order valence-electron chi connectivity index (χ4n) is 2.81. The Balaban J connectivity index is 1.57. The first kappa shape index (κ1) is 18.6. The Morgan fingerprint density at radius 1 is 1.19 bits per heavy atom. The maximum atomic E-state index is 12.6. The van der Waals surface area contributed by atoms with Crippen molar-refractivity contribution in [3.8, 4) is 17.2 Å². The van der Waals surface area contributed by atoms with E-state index in [-0.39, 0.29) is 5.91 Å². The van der Waals surface area contributed by atoms with Gasteiger partial charge in [0.1, 0.15) is 19.0 Å². The highest BCUT2D eigenvalue weighted by atomic mass is 79.9. The van der Waals surface area contributed by atoms with Gasteiger partial charge >= 0.3 is 0 Å². The second-order valence-corrected chi connectivity index (χ2v) is 6.82. The topological polar surface area (TPSA) is 48.0 Å². The van der Waals surface area contributed by atoms with Crippen molar-refractivity contribution < 1.29 is 19.0 Å². The van der Waals surface area contributed by atoms with Gasteiger partial charge in [-0.25, -0.2) is 0 Å². The summed E-state index contributed by atoms with van der Waals surface area (Å²) in [5, 5.41) is 0. The Bertz CT molecular complexity index is 765. The van der Waals surface area contributed by atoms with E-state index in [4.69, 9.17) is 14.2 Å². The zero-order chi connectivity index (χ0) is 18.4. The third-order valence-electron chi connectivity index (χ3n) is 4.12. The molecule has 0 spiro atoms. The molecule has 5 nitrogen and oxygen atoms in total. The van der Waals surface area contributed by atoms with Gasteiger partial charge in [0.2, 0.25) is 5.91 Å². The largest absolute Gasteiger partial charge is 0.493 e. The van der Waals surface area contributed by atoms with Gasteiger partial charge in [0, 0.05) is 23.1 Å². The lowest BCUT2D eigenvalue weighted by Gasteiger charge is -2.25. The standard InChI is InChI=1S/C20H22BrNO4/c1-2-22(14-15-5-3-8-18-20(15)26-12-11-25-18)19(23)9-10-24-17-7-4-6-16(21)13-17/h3-8,13H,2,9-12,14H2,1H3. The second kappa shape index (κ2) is 8.94. The second-order valence-electron chi connectivity index (χ2n) is 5.91. The molecule has 1 aliphatic rings. The van der Waals surface area contributed by atoms with Gasteiger partial charge in [-0.2, -0.15) is 0 Å². The van der Waals surface area contributed by atoms with E-state index in [2.05, 4.69) is 15.9 Å². The molecule has 0 atom stereocenters.